The van der Waals surface area contributed by atoms with Crippen LogP contribution in [0.2, 0.25) is 0 Å². The quantitative estimate of drug-likeness (QED) is 0.439. The monoisotopic (exact) mass is 210 g/mol. The molecule has 0 heterocycles. The SMILES string of the molecule is CCC(Cl)(OOC(C)(C)C)C(=O)O. The molecule has 1 N–H and O–H groups in total. The van der Waals surface area contributed by atoms with Crippen molar-refractivity contribution >= 4 is 17.6 Å². The highest BCUT2D eigenvalue weighted by molar-refractivity contribution is 6.32. The number of carbonyl (C=O) groups is 1. The van der Waals surface area contributed by atoms with Crippen LogP contribution in [0.5, 0.6) is 0 Å². The van der Waals surface area contributed by atoms with Gasteiger partial charge in [0.2, 0.25) is 0 Å². The van der Waals surface area contributed by atoms with Crippen LogP contribution in [0, 0.1) is 0 Å². The van der Waals surface area contributed by atoms with E-state index < -0.39 is 16.6 Å². The molecule has 0 aromatic rings. The summed E-state index contributed by atoms with van der Waals surface area (Å²) in [5.74, 6) is -1.25. The largest absolute Gasteiger partial charge is 0.478 e. The maximum Gasteiger partial charge on any atom is 0.355 e. The second-order valence-corrected chi connectivity index (χ2v) is 4.28. The summed E-state index contributed by atoms with van der Waals surface area (Å²) in [6.07, 6.45) is 0.125. The molecule has 0 spiro atoms. The highest BCUT2D eigenvalue weighted by Crippen LogP contribution is 2.24. The Kier molecular flexibility index (Phi) is 4.16. The fourth-order valence-electron chi connectivity index (χ4n) is 0.437. The molecule has 0 amide bonds. The molecular weight excluding hydrogens is 196 g/mol. The van der Waals surface area contributed by atoms with Crippen LogP contribution in [0.4, 0.5) is 0 Å². The third kappa shape index (κ3) is 4.45. The van der Waals surface area contributed by atoms with E-state index in [2.05, 4.69) is 4.89 Å². The summed E-state index contributed by atoms with van der Waals surface area (Å²) in [5.41, 5.74) is -0.579. The number of carboxylic acids is 1. The van der Waals surface area contributed by atoms with Crippen molar-refractivity contribution in [2.45, 2.75) is 44.8 Å². The van der Waals surface area contributed by atoms with Gasteiger partial charge in [-0.1, -0.05) is 18.5 Å². The lowest BCUT2D eigenvalue weighted by molar-refractivity contribution is -0.378. The van der Waals surface area contributed by atoms with E-state index in [4.69, 9.17) is 21.6 Å². The molecule has 0 aromatic carbocycles. The molecule has 5 heteroatoms. The van der Waals surface area contributed by atoms with E-state index in [1.54, 1.807) is 27.7 Å². The Bertz CT molecular complexity index is 187. The Balaban J connectivity index is 4.22. The zero-order chi connectivity index (χ0) is 10.7. The Hall–Kier alpha value is -0.320. The van der Waals surface area contributed by atoms with Crippen LogP contribution < -0.4 is 0 Å². The van der Waals surface area contributed by atoms with Crippen molar-refractivity contribution in [3.8, 4) is 0 Å². The van der Waals surface area contributed by atoms with Crippen molar-refractivity contribution in [2.24, 2.45) is 0 Å². The fourth-order valence-corrected chi connectivity index (χ4v) is 0.468. The van der Waals surface area contributed by atoms with Gasteiger partial charge in [0, 0.05) is 6.42 Å². The lowest BCUT2D eigenvalue weighted by Gasteiger charge is -2.25. The summed E-state index contributed by atoms with van der Waals surface area (Å²) in [7, 11) is 0. The van der Waals surface area contributed by atoms with E-state index in [0.29, 0.717) is 0 Å². The van der Waals surface area contributed by atoms with Gasteiger partial charge in [0.15, 0.2) is 0 Å². The average molecular weight is 211 g/mol. The third-order valence-corrected chi connectivity index (χ3v) is 1.69. The molecule has 0 radical (unpaired) electrons. The van der Waals surface area contributed by atoms with Crippen molar-refractivity contribution in [3.63, 3.8) is 0 Å². The molecule has 0 aliphatic rings. The summed E-state index contributed by atoms with van der Waals surface area (Å²) < 4.78 is 0. The van der Waals surface area contributed by atoms with Crippen molar-refractivity contribution in [1.29, 1.82) is 0 Å². The predicted octanol–water partition coefficient (Wildman–Crippen LogP) is 2.16. The number of hydrogen-bond acceptors (Lipinski definition) is 3. The number of aliphatic carboxylic acids is 1. The molecule has 0 bridgehead atoms. The molecule has 4 nitrogen and oxygen atoms in total. The van der Waals surface area contributed by atoms with Crippen LogP contribution in [-0.4, -0.2) is 21.7 Å². The Labute approximate surface area is 82.7 Å². The van der Waals surface area contributed by atoms with Crippen molar-refractivity contribution in [1.82, 2.24) is 0 Å². The van der Waals surface area contributed by atoms with Crippen LogP contribution in [0.15, 0.2) is 0 Å². The smallest absolute Gasteiger partial charge is 0.355 e. The van der Waals surface area contributed by atoms with E-state index in [1.165, 1.54) is 0 Å². The summed E-state index contributed by atoms with van der Waals surface area (Å²) in [6, 6.07) is 0. The van der Waals surface area contributed by atoms with Crippen LogP contribution in [-0.2, 0) is 14.6 Å². The van der Waals surface area contributed by atoms with Crippen LogP contribution >= 0.6 is 11.6 Å². The topological polar surface area (TPSA) is 55.8 Å². The van der Waals surface area contributed by atoms with Gasteiger partial charge in [0.1, 0.15) is 0 Å². The van der Waals surface area contributed by atoms with Gasteiger partial charge < -0.3 is 5.11 Å². The maximum atomic E-state index is 10.6. The predicted molar refractivity (Wildman–Crippen MR) is 48.4 cm³/mol. The van der Waals surface area contributed by atoms with E-state index in [-0.39, 0.29) is 6.42 Å². The molecule has 0 aliphatic carbocycles. The first-order chi connectivity index (χ1) is 5.71. The fraction of sp³-hybridized carbons (Fsp3) is 0.875. The first kappa shape index (κ1) is 12.7. The number of alkyl halides is 1. The van der Waals surface area contributed by atoms with Gasteiger partial charge in [0.05, 0.1) is 5.60 Å². The van der Waals surface area contributed by atoms with Crippen molar-refractivity contribution in [2.75, 3.05) is 0 Å². The van der Waals surface area contributed by atoms with E-state index >= 15 is 0 Å². The van der Waals surface area contributed by atoms with Gasteiger partial charge in [-0.15, -0.1) is 0 Å². The van der Waals surface area contributed by atoms with Gasteiger partial charge in [-0.25, -0.2) is 14.6 Å². The van der Waals surface area contributed by atoms with Crippen LogP contribution in [0.3, 0.4) is 0 Å². The molecule has 0 fully saturated rings. The van der Waals surface area contributed by atoms with Crippen molar-refractivity contribution < 1.29 is 19.7 Å². The Morgan fingerprint density at radius 1 is 1.38 bits per heavy atom. The highest BCUT2D eigenvalue weighted by atomic mass is 35.5. The second kappa shape index (κ2) is 4.26. The van der Waals surface area contributed by atoms with Crippen molar-refractivity contribution in [3.05, 3.63) is 0 Å². The molecule has 0 rings (SSSR count). The van der Waals surface area contributed by atoms with Gasteiger partial charge in [0.25, 0.3) is 5.06 Å². The van der Waals surface area contributed by atoms with Gasteiger partial charge in [-0.2, -0.15) is 0 Å². The summed E-state index contributed by atoms with van der Waals surface area (Å²) in [4.78, 5) is 20.1. The van der Waals surface area contributed by atoms with E-state index in [9.17, 15) is 4.79 Å². The lowest BCUT2D eigenvalue weighted by Crippen LogP contribution is -2.37. The molecule has 1 atom stereocenters. The number of carboxylic acid groups (broad SMARTS) is 1. The molecule has 0 aromatic heterocycles. The highest BCUT2D eigenvalue weighted by Gasteiger charge is 2.38. The number of rotatable bonds is 4. The zero-order valence-electron chi connectivity index (χ0n) is 8.26. The molecule has 78 valence electrons. The normalized spacial score (nSPS) is 16.7. The summed E-state index contributed by atoms with van der Waals surface area (Å²) >= 11 is 5.62. The minimum Gasteiger partial charge on any atom is -0.478 e. The van der Waals surface area contributed by atoms with Gasteiger partial charge >= 0.3 is 5.97 Å². The maximum absolute atomic E-state index is 10.6. The molecule has 1 unspecified atom stereocenters. The third-order valence-electron chi connectivity index (χ3n) is 1.20. The molecule has 0 saturated heterocycles. The minimum absolute atomic E-state index is 0.125. The number of halogens is 1. The zero-order valence-corrected chi connectivity index (χ0v) is 9.01. The van der Waals surface area contributed by atoms with Gasteiger partial charge in [-0.05, 0) is 20.8 Å². The average Bonchev–Trinajstić information content (AvgIpc) is 1.98. The first-order valence-corrected chi connectivity index (χ1v) is 4.38. The summed E-state index contributed by atoms with van der Waals surface area (Å²) in [5, 5.41) is 6.91. The van der Waals surface area contributed by atoms with Crippen LogP contribution in [0.25, 0.3) is 0 Å². The second-order valence-electron chi connectivity index (χ2n) is 3.67. The first-order valence-electron chi connectivity index (χ1n) is 4.00. The van der Waals surface area contributed by atoms with E-state index in [0.717, 1.165) is 0 Å². The van der Waals surface area contributed by atoms with Gasteiger partial charge in [-0.3, -0.25) is 0 Å². The van der Waals surface area contributed by atoms with E-state index in [1.807, 2.05) is 0 Å². The van der Waals surface area contributed by atoms with Crippen LogP contribution in [0.1, 0.15) is 34.1 Å². The number of hydrogen-bond donors (Lipinski definition) is 1. The minimum atomic E-state index is -1.78. The standard InChI is InChI=1S/C8H15ClO4/c1-5-8(9,6(10)11)13-12-7(2,3)4/h5H2,1-4H3,(H,10,11). The lowest BCUT2D eigenvalue weighted by atomic mass is 10.2. The molecule has 0 aliphatic heterocycles. The summed E-state index contributed by atoms with van der Waals surface area (Å²) in [6.45, 7) is 6.82. The Morgan fingerprint density at radius 2 is 1.85 bits per heavy atom. The Morgan fingerprint density at radius 3 is 2.08 bits per heavy atom. The molecule has 0 saturated carbocycles. The molecular formula is C8H15ClO4. The molecule has 13 heavy (non-hydrogen) atoms.